The average Bonchev–Trinajstić information content (AvgIpc) is 2.81. The van der Waals surface area contributed by atoms with E-state index in [1.165, 1.54) is 0 Å². The van der Waals surface area contributed by atoms with Crippen molar-refractivity contribution in [2.24, 2.45) is 16.7 Å². The van der Waals surface area contributed by atoms with Crippen LogP contribution in [-0.2, 0) is 4.79 Å². The number of aliphatic hydroxyl groups excluding tert-OH is 1. The van der Waals surface area contributed by atoms with E-state index in [2.05, 4.69) is 13.8 Å². The smallest absolute Gasteiger partial charge is 0.260 e. The van der Waals surface area contributed by atoms with Gasteiger partial charge in [0.15, 0.2) is 6.61 Å². The molecule has 0 unspecified atom stereocenters. The fraction of sp³-hybridized carbons (Fsp3) is 0.611. The highest BCUT2D eigenvalue weighted by Crippen LogP contribution is 2.62. The normalized spacial score (nSPS) is 28.2. The highest BCUT2D eigenvalue weighted by molar-refractivity contribution is 6.30. The number of hydrogen-bond acceptors (Lipinski definition) is 3. The van der Waals surface area contributed by atoms with Crippen LogP contribution in [0.5, 0.6) is 5.75 Å². The minimum absolute atomic E-state index is 0.0163. The monoisotopic (exact) mass is 337 g/mol. The Kier molecular flexibility index (Phi) is 4.09. The van der Waals surface area contributed by atoms with Crippen LogP contribution in [-0.4, -0.2) is 42.2 Å². The van der Waals surface area contributed by atoms with Crippen LogP contribution in [0.2, 0.25) is 5.02 Å². The first kappa shape index (κ1) is 16.6. The summed E-state index contributed by atoms with van der Waals surface area (Å²) >= 11 is 5.93. The first-order valence-corrected chi connectivity index (χ1v) is 8.43. The van der Waals surface area contributed by atoms with E-state index in [0.717, 1.165) is 18.5 Å². The first-order valence-electron chi connectivity index (χ1n) is 8.05. The molecule has 3 rings (SSSR count). The molecule has 1 saturated heterocycles. The standard InChI is InChI=1S/C18H24ClNO3/c1-12-6-13(19)4-5-14(12)23-8-16(22)20-7-15-17(2,3)9-18(15,10-20)11-21/h4-6,15,21H,7-11H2,1-3H3/t15-,18-/m1/s1. The van der Waals surface area contributed by atoms with Crippen LogP contribution < -0.4 is 4.74 Å². The van der Waals surface area contributed by atoms with Crippen LogP contribution in [0.4, 0.5) is 0 Å². The maximum absolute atomic E-state index is 12.5. The van der Waals surface area contributed by atoms with E-state index in [4.69, 9.17) is 16.3 Å². The molecule has 2 fully saturated rings. The van der Waals surface area contributed by atoms with E-state index >= 15 is 0 Å². The Bertz CT molecular complexity index is 631. The molecule has 1 N–H and O–H groups in total. The minimum Gasteiger partial charge on any atom is -0.483 e. The van der Waals surface area contributed by atoms with Crippen LogP contribution in [0.1, 0.15) is 25.8 Å². The molecule has 1 aliphatic carbocycles. The lowest BCUT2D eigenvalue weighted by Crippen LogP contribution is -2.54. The molecular weight excluding hydrogens is 314 g/mol. The topological polar surface area (TPSA) is 49.8 Å². The number of hydrogen-bond donors (Lipinski definition) is 1. The number of aryl methyl sites for hydroxylation is 1. The summed E-state index contributed by atoms with van der Waals surface area (Å²) in [6.07, 6.45) is 0.974. The molecular formula is C18H24ClNO3. The Balaban J connectivity index is 1.62. The van der Waals surface area contributed by atoms with Crippen LogP contribution in [0, 0.1) is 23.7 Å². The predicted octanol–water partition coefficient (Wildman–Crippen LogP) is 2.89. The van der Waals surface area contributed by atoms with Gasteiger partial charge in [0.1, 0.15) is 5.75 Å². The Hall–Kier alpha value is -1.26. The molecule has 0 radical (unpaired) electrons. The van der Waals surface area contributed by atoms with Gasteiger partial charge in [0, 0.05) is 23.5 Å². The van der Waals surface area contributed by atoms with Gasteiger partial charge in [-0.1, -0.05) is 25.4 Å². The summed E-state index contributed by atoms with van der Waals surface area (Å²) < 4.78 is 5.66. The SMILES string of the molecule is Cc1cc(Cl)ccc1OCC(=O)N1C[C@@H]2C(C)(C)C[C@]2(CO)C1. The molecule has 1 saturated carbocycles. The van der Waals surface area contributed by atoms with E-state index in [-0.39, 0.29) is 30.0 Å². The molecule has 0 aromatic heterocycles. The molecule has 5 heteroatoms. The number of fused-ring (bicyclic) bond motifs is 1. The second-order valence-electron chi connectivity index (χ2n) is 7.71. The molecule has 0 spiro atoms. The van der Waals surface area contributed by atoms with E-state index in [1.807, 2.05) is 17.9 Å². The lowest BCUT2D eigenvalue weighted by molar-refractivity contribution is -0.132. The van der Waals surface area contributed by atoms with Gasteiger partial charge < -0.3 is 14.7 Å². The minimum atomic E-state index is -0.102. The summed E-state index contributed by atoms with van der Waals surface area (Å²) in [4.78, 5) is 14.3. The zero-order chi connectivity index (χ0) is 16.8. The molecule has 1 aliphatic heterocycles. The fourth-order valence-corrected chi connectivity index (χ4v) is 4.76. The van der Waals surface area contributed by atoms with Crippen molar-refractivity contribution in [1.29, 1.82) is 0 Å². The van der Waals surface area contributed by atoms with Gasteiger partial charge in [0.05, 0.1) is 6.61 Å². The fourth-order valence-electron chi connectivity index (χ4n) is 4.54. The van der Waals surface area contributed by atoms with E-state index in [0.29, 0.717) is 23.2 Å². The van der Waals surface area contributed by atoms with Crippen molar-refractivity contribution in [3.05, 3.63) is 28.8 Å². The van der Waals surface area contributed by atoms with Crippen LogP contribution in [0.3, 0.4) is 0 Å². The lowest BCUT2D eigenvalue weighted by atomic mass is 9.48. The summed E-state index contributed by atoms with van der Waals surface area (Å²) in [6, 6.07) is 5.37. The number of carbonyl (C=O) groups excluding carboxylic acids is 1. The number of rotatable bonds is 4. The lowest BCUT2D eigenvalue weighted by Gasteiger charge is -2.55. The quantitative estimate of drug-likeness (QED) is 0.919. The second-order valence-corrected chi connectivity index (χ2v) is 8.15. The zero-order valence-corrected chi connectivity index (χ0v) is 14.7. The number of aliphatic hydroxyl groups is 1. The van der Waals surface area contributed by atoms with Crippen molar-refractivity contribution in [3.63, 3.8) is 0 Å². The maximum Gasteiger partial charge on any atom is 0.260 e. The molecule has 1 heterocycles. The molecule has 1 aromatic carbocycles. The third-order valence-corrected chi connectivity index (χ3v) is 5.79. The molecule has 23 heavy (non-hydrogen) atoms. The highest BCUT2D eigenvalue weighted by atomic mass is 35.5. The summed E-state index contributed by atoms with van der Waals surface area (Å²) in [7, 11) is 0. The predicted molar refractivity (Wildman–Crippen MR) is 89.7 cm³/mol. The van der Waals surface area contributed by atoms with Crippen molar-refractivity contribution >= 4 is 17.5 Å². The summed E-state index contributed by atoms with van der Waals surface area (Å²) in [6.45, 7) is 7.87. The number of amides is 1. The van der Waals surface area contributed by atoms with Crippen molar-refractivity contribution < 1.29 is 14.6 Å². The second kappa shape index (κ2) is 5.67. The van der Waals surface area contributed by atoms with E-state index < -0.39 is 0 Å². The number of carbonyl (C=O) groups is 1. The van der Waals surface area contributed by atoms with Crippen LogP contribution in [0.15, 0.2) is 18.2 Å². The molecule has 1 aromatic rings. The van der Waals surface area contributed by atoms with Gasteiger partial charge in [-0.2, -0.15) is 0 Å². The van der Waals surface area contributed by atoms with E-state index in [9.17, 15) is 9.90 Å². The van der Waals surface area contributed by atoms with Crippen molar-refractivity contribution in [3.8, 4) is 5.75 Å². The number of likely N-dealkylation sites (tertiary alicyclic amines) is 1. The van der Waals surface area contributed by atoms with Gasteiger partial charge in [0.25, 0.3) is 5.91 Å². The zero-order valence-electron chi connectivity index (χ0n) is 13.9. The van der Waals surface area contributed by atoms with Crippen molar-refractivity contribution in [2.45, 2.75) is 27.2 Å². The van der Waals surface area contributed by atoms with Gasteiger partial charge in [-0.15, -0.1) is 0 Å². The van der Waals surface area contributed by atoms with Crippen molar-refractivity contribution in [1.82, 2.24) is 4.90 Å². The Labute approximate surface area is 142 Å². The number of nitrogens with zero attached hydrogens (tertiary/aromatic N) is 1. The van der Waals surface area contributed by atoms with E-state index in [1.54, 1.807) is 12.1 Å². The van der Waals surface area contributed by atoms with Gasteiger partial charge in [-0.3, -0.25) is 4.79 Å². The Morgan fingerprint density at radius 1 is 1.48 bits per heavy atom. The molecule has 2 atom stereocenters. The van der Waals surface area contributed by atoms with Gasteiger partial charge >= 0.3 is 0 Å². The molecule has 0 bridgehead atoms. The molecule has 1 amide bonds. The molecule has 126 valence electrons. The van der Waals surface area contributed by atoms with Gasteiger partial charge in [-0.25, -0.2) is 0 Å². The third kappa shape index (κ3) is 2.83. The van der Waals surface area contributed by atoms with Gasteiger partial charge in [-0.05, 0) is 48.4 Å². The summed E-state index contributed by atoms with van der Waals surface area (Å²) in [5.74, 6) is 1.04. The number of ether oxygens (including phenoxy) is 1. The first-order chi connectivity index (χ1) is 10.8. The Morgan fingerprint density at radius 3 is 2.78 bits per heavy atom. The number of halogens is 1. The summed E-state index contributed by atoms with van der Waals surface area (Å²) in [5, 5.41) is 10.4. The van der Waals surface area contributed by atoms with Gasteiger partial charge in [0.2, 0.25) is 0 Å². The summed E-state index contributed by atoms with van der Waals surface area (Å²) in [5.41, 5.74) is 1.01. The molecule has 2 aliphatic rings. The maximum atomic E-state index is 12.5. The highest BCUT2D eigenvalue weighted by Gasteiger charge is 2.63. The van der Waals surface area contributed by atoms with Crippen molar-refractivity contribution in [2.75, 3.05) is 26.3 Å². The number of benzene rings is 1. The van der Waals surface area contributed by atoms with Crippen LogP contribution in [0.25, 0.3) is 0 Å². The largest absolute Gasteiger partial charge is 0.483 e. The Morgan fingerprint density at radius 2 is 2.22 bits per heavy atom. The average molecular weight is 338 g/mol. The van der Waals surface area contributed by atoms with Crippen LogP contribution >= 0.6 is 11.6 Å². The molecule has 4 nitrogen and oxygen atoms in total. The third-order valence-electron chi connectivity index (χ3n) is 5.55.